The van der Waals surface area contributed by atoms with Gasteiger partial charge >= 0.3 is 0 Å². The number of sulfonamides is 1. The van der Waals surface area contributed by atoms with Gasteiger partial charge in [-0.3, -0.25) is 9.29 Å². The summed E-state index contributed by atoms with van der Waals surface area (Å²) in [4.78, 5) is 7.74. The van der Waals surface area contributed by atoms with Gasteiger partial charge in [0.1, 0.15) is 28.8 Å². The van der Waals surface area contributed by atoms with Gasteiger partial charge in [-0.05, 0) is 31.2 Å². The van der Waals surface area contributed by atoms with Gasteiger partial charge < -0.3 is 13.9 Å². The smallest absolute Gasteiger partial charge is 0.243 e. The Kier molecular flexibility index (Phi) is 6.69. The van der Waals surface area contributed by atoms with Gasteiger partial charge in [0.05, 0.1) is 32.4 Å². The highest BCUT2D eigenvalue weighted by atomic mass is 32.2. The summed E-state index contributed by atoms with van der Waals surface area (Å²) >= 11 is 0. The minimum atomic E-state index is -3.98. The molecule has 0 amide bonds. The van der Waals surface area contributed by atoms with E-state index in [4.69, 9.17) is 13.9 Å². The maximum absolute atomic E-state index is 13.1. The lowest BCUT2D eigenvalue weighted by atomic mass is 10.2. The SMILES string of the molecule is COc1cccc(OC)c1-n1c(NS(=O)(=O)C[C@H](C)c2ncc(F)cn2)nnc1-c1ccc(C)o1. The average molecular weight is 503 g/mol. The Balaban J connectivity index is 1.77. The number of aromatic nitrogens is 5. The first-order valence-electron chi connectivity index (χ1n) is 10.4. The van der Waals surface area contributed by atoms with Gasteiger partial charge in [-0.25, -0.2) is 22.8 Å². The van der Waals surface area contributed by atoms with Crippen LogP contribution in [0.25, 0.3) is 17.3 Å². The van der Waals surface area contributed by atoms with Crippen molar-refractivity contribution in [2.24, 2.45) is 0 Å². The molecule has 13 heteroatoms. The molecule has 0 aliphatic heterocycles. The third kappa shape index (κ3) is 5.09. The summed E-state index contributed by atoms with van der Waals surface area (Å²) in [5, 5.41) is 8.25. The van der Waals surface area contributed by atoms with Crippen LogP contribution >= 0.6 is 0 Å². The summed E-state index contributed by atoms with van der Waals surface area (Å²) in [6, 6.07) is 8.57. The van der Waals surface area contributed by atoms with E-state index in [1.807, 2.05) is 0 Å². The van der Waals surface area contributed by atoms with Gasteiger partial charge in [-0.1, -0.05) is 13.0 Å². The van der Waals surface area contributed by atoms with Crippen molar-refractivity contribution in [3.05, 3.63) is 60.1 Å². The molecule has 0 aliphatic rings. The van der Waals surface area contributed by atoms with Gasteiger partial charge in [-0.15, -0.1) is 10.2 Å². The zero-order valence-corrected chi connectivity index (χ0v) is 20.2. The first kappa shape index (κ1) is 24.1. The minimum absolute atomic E-state index is 0.107. The molecular weight excluding hydrogens is 479 g/mol. The van der Waals surface area contributed by atoms with Gasteiger partial charge in [0.15, 0.2) is 11.6 Å². The summed E-state index contributed by atoms with van der Waals surface area (Å²) in [6.45, 7) is 3.40. The summed E-state index contributed by atoms with van der Waals surface area (Å²) in [7, 11) is -1.03. The molecule has 184 valence electrons. The fourth-order valence-corrected chi connectivity index (χ4v) is 4.79. The van der Waals surface area contributed by atoms with Gasteiger partial charge in [0, 0.05) is 5.92 Å². The van der Waals surface area contributed by atoms with Crippen molar-refractivity contribution < 1.29 is 26.7 Å². The maximum Gasteiger partial charge on any atom is 0.243 e. The number of rotatable bonds is 9. The number of aryl methyl sites for hydroxylation is 1. The van der Waals surface area contributed by atoms with Crippen molar-refractivity contribution in [3.8, 4) is 28.8 Å². The van der Waals surface area contributed by atoms with E-state index >= 15 is 0 Å². The number of ether oxygens (including phenoxy) is 2. The summed E-state index contributed by atoms with van der Waals surface area (Å²) < 4.78 is 60.0. The number of halogens is 1. The molecule has 1 N–H and O–H groups in total. The second-order valence-corrected chi connectivity index (χ2v) is 9.42. The van der Waals surface area contributed by atoms with Crippen LogP contribution in [0, 0.1) is 12.7 Å². The number of benzene rings is 1. The molecule has 0 fully saturated rings. The Morgan fingerprint density at radius 2 is 1.74 bits per heavy atom. The maximum atomic E-state index is 13.1. The van der Waals surface area contributed by atoms with E-state index in [1.54, 1.807) is 44.2 Å². The zero-order valence-electron chi connectivity index (χ0n) is 19.4. The fourth-order valence-electron chi connectivity index (χ4n) is 3.49. The van der Waals surface area contributed by atoms with Crippen LogP contribution in [0.15, 0.2) is 47.1 Å². The molecule has 3 heterocycles. The summed E-state index contributed by atoms with van der Waals surface area (Å²) in [6.07, 6.45) is 1.97. The first-order chi connectivity index (χ1) is 16.7. The minimum Gasteiger partial charge on any atom is -0.494 e. The molecule has 0 spiro atoms. The molecule has 0 saturated carbocycles. The third-order valence-electron chi connectivity index (χ3n) is 5.05. The van der Waals surface area contributed by atoms with Crippen molar-refractivity contribution in [2.45, 2.75) is 19.8 Å². The average Bonchev–Trinajstić information content (AvgIpc) is 3.43. The predicted molar refractivity (Wildman–Crippen MR) is 125 cm³/mol. The lowest BCUT2D eigenvalue weighted by Gasteiger charge is -2.17. The lowest BCUT2D eigenvalue weighted by Crippen LogP contribution is -2.23. The predicted octanol–water partition coefficient (Wildman–Crippen LogP) is 3.33. The highest BCUT2D eigenvalue weighted by Gasteiger charge is 2.27. The van der Waals surface area contributed by atoms with Gasteiger partial charge in [-0.2, -0.15) is 0 Å². The summed E-state index contributed by atoms with van der Waals surface area (Å²) in [5.41, 5.74) is 0.374. The Morgan fingerprint density at radius 1 is 1.09 bits per heavy atom. The molecule has 0 radical (unpaired) electrons. The number of hydrogen-bond donors (Lipinski definition) is 1. The first-order valence-corrected chi connectivity index (χ1v) is 12.1. The summed E-state index contributed by atoms with van der Waals surface area (Å²) in [5.74, 6) is 0.472. The molecule has 1 aromatic carbocycles. The van der Waals surface area contributed by atoms with Gasteiger partial charge in [0.25, 0.3) is 0 Å². The van der Waals surface area contributed by atoms with E-state index in [0.717, 1.165) is 12.4 Å². The van der Waals surface area contributed by atoms with Crippen molar-refractivity contribution in [2.75, 3.05) is 24.7 Å². The quantitative estimate of drug-likeness (QED) is 0.366. The normalized spacial score (nSPS) is 12.4. The molecule has 0 saturated heterocycles. The van der Waals surface area contributed by atoms with Crippen LogP contribution in [0.2, 0.25) is 0 Å². The van der Waals surface area contributed by atoms with E-state index in [0.29, 0.717) is 28.7 Å². The molecule has 4 rings (SSSR count). The molecule has 0 unspecified atom stereocenters. The number of furan rings is 1. The fraction of sp³-hybridized carbons (Fsp3) is 0.273. The van der Waals surface area contributed by atoms with Crippen molar-refractivity contribution in [3.63, 3.8) is 0 Å². The number of para-hydroxylation sites is 1. The monoisotopic (exact) mass is 502 g/mol. The number of anilines is 1. The molecule has 1 atom stereocenters. The molecule has 3 aromatic heterocycles. The Hall–Kier alpha value is -4.00. The van der Waals surface area contributed by atoms with Crippen LogP contribution in [0.5, 0.6) is 11.5 Å². The highest BCUT2D eigenvalue weighted by molar-refractivity contribution is 7.92. The zero-order chi connectivity index (χ0) is 25.2. The molecule has 0 aliphatic carbocycles. The van der Waals surface area contributed by atoms with E-state index in [9.17, 15) is 12.8 Å². The lowest BCUT2D eigenvalue weighted by molar-refractivity contribution is 0.391. The van der Waals surface area contributed by atoms with Crippen molar-refractivity contribution in [1.29, 1.82) is 0 Å². The number of nitrogens with zero attached hydrogens (tertiary/aromatic N) is 5. The van der Waals surface area contributed by atoms with E-state index in [1.165, 1.54) is 18.8 Å². The second kappa shape index (κ2) is 9.70. The molecule has 11 nitrogen and oxygen atoms in total. The van der Waals surface area contributed by atoms with E-state index in [-0.39, 0.29) is 23.4 Å². The Bertz CT molecular complexity index is 1410. The largest absolute Gasteiger partial charge is 0.494 e. The van der Waals surface area contributed by atoms with Crippen LogP contribution in [0.3, 0.4) is 0 Å². The Morgan fingerprint density at radius 3 is 2.31 bits per heavy atom. The van der Waals surface area contributed by atoms with Crippen LogP contribution in [-0.4, -0.2) is 53.1 Å². The van der Waals surface area contributed by atoms with Gasteiger partial charge in [0.2, 0.25) is 21.8 Å². The van der Waals surface area contributed by atoms with E-state index in [2.05, 4.69) is 24.9 Å². The standard InChI is InChI=1S/C22H23FN6O5S/c1-13(20-24-10-15(23)11-25-20)12-35(30,31)28-22-27-26-21(18-9-8-14(2)34-18)29(22)19-16(32-3)6-5-7-17(19)33-4/h5-11,13H,12H2,1-4H3,(H,27,28)/t13-/m0/s1. The second-order valence-electron chi connectivity index (χ2n) is 7.65. The molecular formula is C22H23FN6O5S. The van der Waals surface area contributed by atoms with Crippen LogP contribution in [0.4, 0.5) is 10.3 Å². The van der Waals surface area contributed by atoms with Crippen molar-refractivity contribution in [1.82, 2.24) is 24.7 Å². The highest BCUT2D eigenvalue weighted by Crippen LogP contribution is 2.38. The Labute approximate surface area is 201 Å². The molecule has 0 bridgehead atoms. The third-order valence-corrected chi connectivity index (χ3v) is 6.48. The molecule has 35 heavy (non-hydrogen) atoms. The number of nitrogens with one attached hydrogen (secondary N) is 1. The van der Waals surface area contributed by atoms with Crippen LogP contribution in [-0.2, 0) is 10.0 Å². The number of hydrogen-bond acceptors (Lipinski definition) is 9. The van der Waals surface area contributed by atoms with Crippen LogP contribution < -0.4 is 14.2 Å². The van der Waals surface area contributed by atoms with E-state index < -0.39 is 21.8 Å². The molecule has 4 aromatic rings. The number of methoxy groups -OCH3 is 2. The van der Waals surface area contributed by atoms with Crippen LogP contribution in [0.1, 0.15) is 24.4 Å². The van der Waals surface area contributed by atoms with Crippen molar-refractivity contribution >= 4 is 16.0 Å². The topological polar surface area (TPSA) is 134 Å².